The van der Waals surface area contributed by atoms with Gasteiger partial charge in [0.05, 0.1) is 12.0 Å². The van der Waals surface area contributed by atoms with Gasteiger partial charge in [0.25, 0.3) is 0 Å². The predicted octanol–water partition coefficient (Wildman–Crippen LogP) is 3.42. The minimum atomic E-state index is 0. The van der Waals surface area contributed by atoms with Crippen molar-refractivity contribution in [1.82, 2.24) is 25.1 Å². The van der Waals surface area contributed by atoms with Crippen molar-refractivity contribution < 1.29 is 0 Å². The Morgan fingerprint density at radius 3 is 2.61 bits per heavy atom. The number of nitrogens with one attached hydrogen (secondary N) is 2. The molecule has 2 heterocycles. The molecule has 0 atom stereocenters. The second-order valence-corrected chi connectivity index (χ2v) is 7.06. The lowest BCUT2D eigenvalue weighted by molar-refractivity contribution is 0.282. The van der Waals surface area contributed by atoms with E-state index in [9.17, 15) is 0 Å². The Morgan fingerprint density at radius 2 is 1.89 bits per heavy atom. The van der Waals surface area contributed by atoms with Crippen LogP contribution < -0.4 is 10.6 Å². The van der Waals surface area contributed by atoms with Gasteiger partial charge in [-0.1, -0.05) is 31.0 Å². The lowest BCUT2D eigenvalue weighted by atomic mass is 10.1. The van der Waals surface area contributed by atoms with E-state index in [0.717, 1.165) is 31.2 Å². The highest BCUT2D eigenvalue weighted by atomic mass is 127. The molecule has 2 N–H and O–H groups in total. The molecule has 0 amide bonds. The standard InChI is InChI=1S/C21H32N6.HI/c1-22-21(24-11-8-15-26-13-6-2-3-7-14-26)25-17-19-9-4-5-10-20(19)27-16-12-23-18-27;/h4-5,9-10,12,16,18H,2-3,6-8,11,13-15,17H2,1H3,(H2,22,24,25);1H. The molecule has 6 nitrogen and oxygen atoms in total. The summed E-state index contributed by atoms with van der Waals surface area (Å²) in [4.78, 5) is 11.1. The highest BCUT2D eigenvalue weighted by molar-refractivity contribution is 14.0. The van der Waals surface area contributed by atoms with Crippen LogP contribution in [0.1, 0.15) is 37.7 Å². The first-order valence-electron chi connectivity index (χ1n) is 10.1. The Bertz CT molecular complexity index is 693. The zero-order chi connectivity index (χ0) is 18.7. The van der Waals surface area contributed by atoms with Crippen molar-refractivity contribution in [1.29, 1.82) is 0 Å². The van der Waals surface area contributed by atoms with Gasteiger partial charge in [-0.05, 0) is 50.5 Å². The van der Waals surface area contributed by atoms with E-state index < -0.39 is 0 Å². The van der Waals surface area contributed by atoms with Gasteiger partial charge in [0.15, 0.2) is 5.96 Å². The van der Waals surface area contributed by atoms with Gasteiger partial charge in [-0.2, -0.15) is 0 Å². The fraction of sp³-hybridized carbons (Fsp3) is 0.524. The molecule has 154 valence electrons. The number of para-hydroxylation sites is 1. The van der Waals surface area contributed by atoms with E-state index >= 15 is 0 Å². The number of rotatable bonds is 7. The summed E-state index contributed by atoms with van der Waals surface area (Å²) in [7, 11) is 1.83. The maximum Gasteiger partial charge on any atom is 0.191 e. The van der Waals surface area contributed by atoms with Gasteiger partial charge in [0, 0.05) is 32.5 Å². The fourth-order valence-electron chi connectivity index (χ4n) is 3.58. The van der Waals surface area contributed by atoms with Crippen molar-refractivity contribution in [2.24, 2.45) is 4.99 Å². The van der Waals surface area contributed by atoms with Crippen molar-refractivity contribution in [3.05, 3.63) is 48.5 Å². The molecular weight excluding hydrogens is 463 g/mol. The zero-order valence-corrected chi connectivity index (χ0v) is 19.1. The lowest BCUT2D eigenvalue weighted by Crippen LogP contribution is -2.38. The van der Waals surface area contributed by atoms with Crippen LogP contribution in [0.25, 0.3) is 5.69 Å². The number of guanidine groups is 1. The summed E-state index contributed by atoms with van der Waals surface area (Å²) >= 11 is 0. The SMILES string of the molecule is CN=C(NCCCN1CCCCCC1)NCc1ccccc1-n1ccnc1.I. The summed E-state index contributed by atoms with van der Waals surface area (Å²) in [5, 5.41) is 6.87. The van der Waals surface area contributed by atoms with Gasteiger partial charge in [0.2, 0.25) is 0 Å². The van der Waals surface area contributed by atoms with E-state index in [4.69, 9.17) is 0 Å². The topological polar surface area (TPSA) is 57.5 Å². The molecule has 7 heteroatoms. The van der Waals surface area contributed by atoms with Crippen LogP contribution in [-0.4, -0.2) is 53.6 Å². The van der Waals surface area contributed by atoms with Gasteiger partial charge in [-0.3, -0.25) is 4.99 Å². The largest absolute Gasteiger partial charge is 0.356 e. The van der Waals surface area contributed by atoms with Crippen LogP contribution in [0.2, 0.25) is 0 Å². The van der Waals surface area contributed by atoms with Gasteiger partial charge < -0.3 is 20.1 Å². The van der Waals surface area contributed by atoms with E-state index in [2.05, 4.69) is 49.8 Å². The Morgan fingerprint density at radius 1 is 1.11 bits per heavy atom. The number of imidazole rings is 1. The average molecular weight is 496 g/mol. The highest BCUT2D eigenvalue weighted by Gasteiger charge is 2.08. The van der Waals surface area contributed by atoms with E-state index in [1.165, 1.54) is 50.9 Å². The lowest BCUT2D eigenvalue weighted by Gasteiger charge is -2.20. The summed E-state index contributed by atoms with van der Waals surface area (Å²) in [5.74, 6) is 0.853. The molecule has 1 aliphatic heterocycles. The number of benzene rings is 1. The maximum atomic E-state index is 4.36. The average Bonchev–Trinajstić information content (AvgIpc) is 3.12. The molecule has 1 aliphatic rings. The van der Waals surface area contributed by atoms with Gasteiger partial charge in [-0.25, -0.2) is 4.98 Å². The normalized spacial score (nSPS) is 15.5. The molecule has 0 radical (unpaired) electrons. The molecule has 1 saturated heterocycles. The quantitative estimate of drug-likeness (QED) is 0.267. The van der Waals surface area contributed by atoms with Crippen LogP contribution in [-0.2, 0) is 6.54 Å². The van der Waals surface area contributed by atoms with Crippen LogP contribution in [0, 0.1) is 0 Å². The number of hydrogen-bond acceptors (Lipinski definition) is 3. The number of hydrogen-bond donors (Lipinski definition) is 2. The molecular formula is C21H33IN6. The summed E-state index contributed by atoms with van der Waals surface area (Å²) in [5.41, 5.74) is 2.35. The van der Waals surface area contributed by atoms with Crippen LogP contribution >= 0.6 is 24.0 Å². The third-order valence-corrected chi connectivity index (χ3v) is 5.09. The van der Waals surface area contributed by atoms with Crippen molar-refractivity contribution in [2.45, 2.75) is 38.6 Å². The Labute approximate surface area is 185 Å². The molecule has 1 aromatic carbocycles. The van der Waals surface area contributed by atoms with E-state index in [-0.39, 0.29) is 24.0 Å². The summed E-state index contributed by atoms with van der Waals surface area (Å²) in [6, 6.07) is 8.36. The predicted molar refractivity (Wildman–Crippen MR) is 127 cm³/mol. The zero-order valence-electron chi connectivity index (χ0n) is 16.8. The van der Waals surface area contributed by atoms with Crippen molar-refractivity contribution in [3.8, 4) is 5.69 Å². The first-order chi connectivity index (χ1) is 13.4. The van der Waals surface area contributed by atoms with Crippen molar-refractivity contribution in [2.75, 3.05) is 33.2 Å². The second kappa shape index (κ2) is 12.8. The molecule has 0 unspecified atom stereocenters. The van der Waals surface area contributed by atoms with Crippen molar-refractivity contribution >= 4 is 29.9 Å². The first-order valence-corrected chi connectivity index (χ1v) is 10.1. The molecule has 0 aliphatic carbocycles. The van der Waals surface area contributed by atoms with E-state index in [0.29, 0.717) is 0 Å². The molecule has 0 spiro atoms. The summed E-state index contributed by atoms with van der Waals surface area (Å²) in [6.45, 7) is 5.36. The second-order valence-electron chi connectivity index (χ2n) is 7.06. The third-order valence-electron chi connectivity index (χ3n) is 5.09. The molecule has 1 fully saturated rings. The molecule has 0 saturated carbocycles. The van der Waals surface area contributed by atoms with E-state index in [1.807, 2.05) is 24.1 Å². The number of likely N-dealkylation sites (tertiary alicyclic amines) is 1. The number of aromatic nitrogens is 2. The molecule has 0 bridgehead atoms. The smallest absolute Gasteiger partial charge is 0.191 e. The van der Waals surface area contributed by atoms with Crippen LogP contribution in [0.5, 0.6) is 0 Å². The van der Waals surface area contributed by atoms with Gasteiger partial charge in [0.1, 0.15) is 0 Å². The number of aliphatic imine (C=N–C) groups is 1. The third kappa shape index (κ3) is 7.09. The molecule has 1 aromatic heterocycles. The Kier molecular flexibility index (Phi) is 10.3. The van der Waals surface area contributed by atoms with Gasteiger partial charge >= 0.3 is 0 Å². The maximum absolute atomic E-state index is 4.36. The van der Waals surface area contributed by atoms with Crippen LogP contribution in [0.15, 0.2) is 48.0 Å². The Hall–Kier alpha value is -1.61. The van der Waals surface area contributed by atoms with E-state index in [1.54, 1.807) is 6.20 Å². The summed E-state index contributed by atoms with van der Waals surface area (Å²) in [6.07, 6.45) is 12.2. The highest BCUT2D eigenvalue weighted by Crippen LogP contribution is 2.13. The molecule has 2 aromatic rings. The molecule has 3 rings (SSSR count). The minimum absolute atomic E-state index is 0. The fourth-order valence-corrected chi connectivity index (χ4v) is 3.58. The summed E-state index contributed by atoms with van der Waals surface area (Å²) < 4.78 is 2.04. The molecule has 28 heavy (non-hydrogen) atoms. The van der Waals surface area contributed by atoms with Crippen molar-refractivity contribution in [3.63, 3.8) is 0 Å². The monoisotopic (exact) mass is 496 g/mol. The van der Waals surface area contributed by atoms with Crippen LogP contribution in [0.4, 0.5) is 0 Å². The first kappa shape index (κ1) is 22.7. The van der Waals surface area contributed by atoms with Crippen LogP contribution in [0.3, 0.4) is 0 Å². The number of halogens is 1. The number of nitrogens with zero attached hydrogens (tertiary/aromatic N) is 4. The Balaban J connectivity index is 0.00000280. The van der Waals surface area contributed by atoms with Gasteiger partial charge in [-0.15, -0.1) is 24.0 Å². The minimum Gasteiger partial charge on any atom is -0.356 e.